The summed E-state index contributed by atoms with van der Waals surface area (Å²) in [5.74, 6) is -1.49. The zero-order chi connectivity index (χ0) is 14.8. The van der Waals surface area contributed by atoms with Crippen LogP contribution in [0.1, 0.15) is 25.8 Å². The van der Waals surface area contributed by atoms with Crippen molar-refractivity contribution < 1.29 is 18.3 Å². The van der Waals surface area contributed by atoms with Crippen LogP contribution in [0, 0.1) is 12.8 Å². The molecule has 0 aliphatic carbocycles. The molecule has 108 valence electrons. The molecular weight excluding hydrogens is 310 g/mol. The predicted octanol–water partition coefficient (Wildman–Crippen LogP) is 2.49. The van der Waals surface area contributed by atoms with Crippen molar-refractivity contribution in [1.29, 1.82) is 0 Å². The van der Waals surface area contributed by atoms with Crippen LogP contribution in [0.25, 0.3) is 0 Å². The molecule has 0 aliphatic rings. The number of carboxylic acid groups (broad SMARTS) is 1. The maximum absolute atomic E-state index is 12.1. The molecule has 5 nitrogen and oxygen atoms in total. The number of aliphatic carboxylic acids is 1. The van der Waals surface area contributed by atoms with E-state index < -0.39 is 22.0 Å². The van der Waals surface area contributed by atoms with Crippen LogP contribution in [0.5, 0.6) is 0 Å². The highest BCUT2D eigenvalue weighted by Gasteiger charge is 2.30. The van der Waals surface area contributed by atoms with Gasteiger partial charge in [0.25, 0.3) is 10.0 Å². The highest BCUT2D eigenvalue weighted by atomic mass is 35.5. The van der Waals surface area contributed by atoms with E-state index in [2.05, 4.69) is 4.72 Å². The fourth-order valence-corrected chi connectivity index (χ4v) is 4.46. The minimum atomic E-state index is -3.86. The molecule has 2 N–H and O–H groups in total. The second-order valence-electron chi connectivity index (χ2n) is 4.34. The lowest BCUT2D eigenvalue weighted by Crippen LogP contribution is -2.44. The monoisotopic (exact) mass is 325 g/mol. The number of thiophene rings is 1. The van der Waals surface area contributed by atoms with Crippen molar-refractivity contribution in [1.82, 2.24) is 4.72 Å². The summed E-state index contributed by atoms with van der Waals surface area (Å²) in [6.45, 7) is 5.19. The maximum Gasteiger partial charge on any atom is 0.322 e. The number of hydrogen-bond acceptors (Lipinski definition) is 4. The first-order valence-electron chi connectivity index (χ1n) is 5.70. The summed E-state index contributed by atoms with van der Waals surface area (Å²) in [6.07, 6.45) is 0.559. The summed E-state index contributed by atoms with van der Waals surface area (Å²) in [5, 5.41) is 9.10. The van der Waals surface area contributed by atoms with Gasteiger partial charge in [0.1, 0.15) is 10.3 Å². The summed E-state index contributed by atoms with van der Waals surface area (Å²) in [7, 11) is -3.86. The molecule has 1 aromatic rings. The van der Waals surface area contributed by atoms with Gasteiger partial charge in [-0.1, -0.05) is 31.9 Å². The molecule has 0 saturated carbocycles. The van der Waals surface area contributed by atoms with Crippen LogP contribution in [0.15, 0.2) is 10.3 Å². The molecule has 2 atom stereocenters. The Hall–Kier alpha value is -0.630. The fourth-order valence-electron chi connectivity index (χ4n) is 1.44. The summed E-state index contributed by atoms with van der Waals surface area (Å²) in [5.41, 5.74) is 0.655. The second kappa shape index (κ2) is 6.21. The quantitative estimate of drug-likeness (QED) is 0.841. The van der Waals surface area contributed by atoms with Crippen LogP contribution in [0.4, 0.5) is 0 Å². The van der Waals surface area contributed by atoms with Crippen molar-refractivity contribution >= 4 is 38.9 Å². The molecule has 0 saturated heterocycles. The predicted molar refractivity (Wildman–Crippen MR) is 75.3 cm³/mol. The van der Waals surface area contributed by atoms with Crippen molar-refractivity contribution in [3.05, 3.63) is 16.0 Å². The van der Waals surface area contributed by atoms with E-state index in [4.69, 9.17) is 16.7 Å². The van der Waals surface area contributed by atoms with Gasteiger partial charge in [0.05, 0.1) is 4.34 Å². The summed E-state index contributed by atoms with van der Waals surface area (Å²) >= 11 is 6.75. The molecule has 0 bridgehead atoms. The Bertz CT molecular complexity index is 548. The molecule has 1 heterocycles. The van der Waals surface area contributed by atoms with E-state index in [0.717, 1.165) is 11.3 Å². The Balaban J connectivity index is 3.04. The van der Waals surface area contributed by atoms with Gasteiger partial charge in [0, 0.05) is 0 Å². The molecule has 1 aromatic heterocycles. The molecule has 0 fully saturated rings. The Morgan fingerprint density at radius 1 is 1.58 bits per heavy atom. The van der Waals surface area contributed by atoms with Gasteiger partial charge < -0.3 is 5.11 Å². The molecule has 0 spiro atoms. The largest absolute Gasteiger partial charge is 0.480 e. The minimum Gasteiger partial charge on any atom is -0.480 e. The van der Waals surface area contributed by atoms with Crippen LogP contribution in [-0.4, -0.2) is 25.5 Å². The van der Waals surface area contributed by atoms with Crippen LogP contribution >= 0.6 is 22.9 Å². The molecule has 0 unspecified atom stereocenters. The standard InChI is InChI=1S/C11H16ClNO4S2/c1-4-6(2)9(11(14)15)13-19(16,17)8-5-7(3)10(12)18-8/h5-6,9,13H,4H2,1-3H3,(H,14,15)/t6-,9-/m0/s1. The van der Waals surface area contributed by atoms with Crippen molar-refractivity contribution in [3.63, 3.8) is 0 Å². The van der Waals surface area contributed by atoms with Gasteiger partial charge in [-0.25, -0.2) is 8.42 Å². The first-order valence-corrected chi connectivity index (χ1v) is 8.37. The summed E-state index contributed by atoms with van der Waals surface area (Å²) < 4.78 is 26.9. The van der Waals surface area contributed by atoms with E-state index in [-0.39, 0.29) is 10.1 Å². The van der Waals surface area contributed by atoms with Crippen LogP contribution in [0.3, 0.4) is 0 Å². The zero-order valence-corrected chi connectivity index (χ0v) is 13.2. The zero-order valence-electron chi connectivity index (χ0n) is 10.8. The first kappa shape index (κ1) is 16.4. The topological polar surface area (TPSA) is 83.5 Å². The van der Waals surface area contributed by atoms with Gasteiger partial charge in [-0.05, 0) is 24.5 Å². The Kier molecular flexibility index (Phi) is 5.37. The SMILES string of the molecule is CC[C@H](C)[C@H](NS(=O)(=O)c1cc(C)c(Cl)s1)C(=O)O. The molecular formula is C11H16ClNO4S2. The van der Waals surface area contributed by atoms with E-state index in [1.165, 1.54) is 6.07 Å². The molecule has 0 amide bonds. The minimum absolute atomic E-state index is 0.0320. The van der Waals surface area contributed by atoms with Crippen LogP contribution in [-0.2, 0) is 14.8 Å². The Morgan fingerprint density at radius 2 is 2.16 bits per heavy atom. The van der Waals surface area contributed by atoms with E-state index in [0.29, 0.717) is 16.3 Å². The average molecular weight is 326 g/mol. The summed E-state index contributed by atoms with van der Waals surface area (Å²) in [4.78, 5) is 11.1. The lowest BCUT2D eigenvalue weighted by Gasteiger charge is -2.19. The van der Waals surface area contributed by atoms with E-state index in [1.807, 2.05) is 0 Å². The van der Waals surface area contributed by atoms with Gasteiger partial charge in [0.2, 0.25) is 0 Å². The van der Waals surface area contributed by atoms with Gasteiger partial charge in [-0.2, -0.15) is 4.72 Å². The van der Waals surface area contributed by atoms with Crippen LogP contribution in [0.2, 0.25) is 4.34 Å². The van der Waals surface area contributed by atoms with Gasteiger partial charge in [0.15, 0.2) is 0 Å². The first-order chi connectivity index (χ1) is 8.69. The Morgan fingerprint density at radius 3 is 2.53 bits per heavy atom. The number of aryl methyl sites for hydroxylation is 1. The number of nitrogens with one attached hydrogen (secondary N) is 1. The van der Waals surface area contributed by atoms with E-state index in [9.17, 15) is 13.2 Å². The molecule has 0 aliphatic heterocycles. The third kappa shape index (κ3) is 3.92. The normalized spacial score (nSPS) is 15.2. The second-order valence-corrected chi connectivity index (χ2v) is 7.94. The molecule has 0 radical (unpaired) electrons. The highest BCUT2D eigenvalue weighted by molar-refractivity contribution is 7.91. The fraction of sp³-hybridized carbons (Fsp3) is 0.545. The van der Waals surface area contributed by atoms with Gasteiger partial charge in [-0.3, -0.25) is 4.79 Å². The Labute approximate surface area is 121 Å². The number of halogens is 1. The molecule has 8 heteroatoms. The van der Waals surface area contributed by atoms with Crippen molar-refractivity contribution in [2.45, 2.75) is 37.4 Å². The molecule has 0 aromatic carbocycles. The average Bonchev–Trinajstić information content (AvgIpc) is 2.66. The number of hydrogen-bond donors (Lipinski definition) is 2. The number of sulfonamides is 1. The maximum atomic E-state index is 12.1. The molecule has 1 rings (SSSR count). The van der Waals surface area contributed by atoms with E-state index >= 15 is 0 Å². The van der Waals surface area contributed by atoms with Crippen LogP contribution < -0.4 is 4.72 Å². The smallest absolute Gasteiger partial charge is 0.322 e. The van der Waals surface area contributed by atoms with Crippen molar-refractivity contribution in [2.24, 2.45) is 5.92 Å². The lowest BCUT2D eigenvalue weighted by atomic mass is 10.0. The van der Waals surface area contributed by atoms with Gasteiger partial charge >= 0.3 is 5.97 Å². The van der Waals surface area contributed by atoms with Gasteiger partial charge in [-0.15, -0.1) is 11.3 Å². The number of rotatable bonds is 6. The van der Waals surface area contributed by atoms with E-state index in [1.54, 1.807) is 20.8 Å². The third-order valence-electron chi connectivity index (χ3n) is 2.86. The lowest BCUT2D eigenvalue weighted by molar-refractivity contribution is -0.140. The van der Waals surface area contributed by atoms with Crippen molar-refractivity contribution in [2.75, 3.05) is 0 Å². The third-order valence-corrected chi connectivity index (χ3v) is 6.33. The summed E-state index contributed by atoms with van der Waals surface area (Å²) in [6, 6.07) is 0.293. The number of carbonyl (C=O) groups is 1. The highest BCUT2D eigenvalue weighted by Crippen LogP contribution is 2.30. The molecule has 19 heavy (non-hydrogen) atoms. The number of carboxylic acids is 1. The van der Waals surface area contributed by atoms with Crippen molar-refractivity contribution in [3.8, 4) is 0 Å².